The highest BCUT2D eigenvalue weighted by Gasteiger charge is 2.16. The summed E-state index contributed by atoms with van der Waals surface area (Å²) in [5.41, 5.74) is 5.39. The lowest BCUT2D eigenvalue weighted by molar-refractivity contribution is 0.210. The Labute approximate surface area is 189 Å². The van der Waals surface area contributed by atoms with Gasteiger partial charge >= 0.3 is 6.03 Å². The van der Waals surface area contributed by atoms with E-state index in [1.165, 1.54) is 16.5 Å². The molecule has 0 saturated carbocycles. The van der Waals surface area contributed by atoms with Gasteiger partial charge in [0.2, 0.25) is 0 Å². The predicted octanol–water partition coefficient (Wildman–Crippen LogP) is 6.15. The molecule has 0 aliphatic rings. The van der Waals surface area contributed by atoms with E-state index in [1.807, 2.05) is 54.4 Å². The van der Waals surface area contributed by atoms with E-state index in [2.05, 4.69) is 53.6 Å². The summed E-state index contributed by atoms with van der Waals surface area (Å²) in [6.45, 7) is 5.79. The van der Waals surface area contributed by atoms with Crippen LogP contribution in [0.15, 0.2) is 79.0 Å². The van der Waals surface area contributed by atoms with Crippen molar-refractivity contribution in [3.8, 4) is 5.75 Å². The molecule has 0 unspecified atom stereocenters. The Morgan fingerprint density at radius 1 is 1.00 bits per heavy atom. The van der Waals surface area contributed by atoms with E-state index < -0.39 is 0 Å². The molecule has 5 nitrogen and oxygen atoms in total. The average Bonchev–Trinajstić information content (AvgIpc) is 3.22. The first-order valence-electron chi connectivity index (χ1n) is 11.0. The molecule has 4 rings (SSSR count). The highest BCUT2D eigenvalue weighted by atomic mass is 16.5. The van der Waals surface area contributed by atoms with Crippen LogP contribution in [0.3, 0.4) is 0 Å². The lowest BCUT2D eigenvalue weighted by atomic mass is 10.1. The third-order valence-electron chi connectivity index (χ3n) is 5.52. The molecule has 32 heavy (non-hydrogen) atoms. The summed E-state index contributed by atoms with van der Waals surface area (Å²) < 4.78 is 5.49. The molecule has 4 aromatic rings. The van der Waals surface area contributed by atoms with Crippen LogP contribution in [-0.2, 0) is 13.0 Å². The standard InChI is InChI=1S/C27H29N3O2/c1-3-32-24-14-12-23(13-15-24)29-27(31)30(19-21-10-8-20(2)9-11-21)17-16-22-18-28-26-7-5-4-6-25(22)26/h4-15,18,28H,3,16-17,19H2,1-2H3,(H,29,31). The molecule has 0 aliphatic heterocycles. The number of amides is 2. The molecular formula is C27H29N3O2. The number of para-hydroxylation sites is 1. The summed E-state index contributed by atoms with van der Waals surface area (Å²) in [7, 11) is 0. The third kappa shape index (κ3) is 5.30. The van der Waals surface area contributed by atoms with Gasteiger partial charge in [-0.05, 0) is 61.7 Å². The highest BCUT2D eigenvalue weighted by Crippen LogP contribution is 2.20. The summed E-state index contributed by atoms with van der Waals surface area (Å²) in [6, 6.07) is 23.9. The van der Waals surface area contributed by atoms with Gasteiger partial charge in [-0.3, -0.25) is 0 Å². The van der Waals surface area contributed by atoms with Gasteiger partial charge < -0.3 is 19.9 Å². The maximum Gasteiger partial charge on any atom is 0.322 e. The summed E-state index contributed by atoms with van der Waals surface area (Å²) in [6.07, 6.45) is 2.81. The summed E-state index contributed by atoms with van der Waals surface area (Å²) in [5.74, 6) is 0.793. The first-order chi connectivity index (χ1) is 15.6. The Hall–Kier alpha value is -3.73. The van der Waals surface area contributed by atoms with Crippen LogP contribution in [0.4, 0.5) is 10.5 Å². The van der Waals surface area contributed by atoms with Gasteiger partial charge in [0.05, 0.1) is 6.61 Å². The maximum atomic E-state index is 13.2. The van der Waals surface area contributed by atoms with Crippen molar-refractivity contribution in [2.24, 2.45) is 0 Å². The molecule has 0 fully saturated rings. The fraction of sp³-hybridized carbons (Fsp3) is 0.222. The van der Waals surface area contributed by atoms with Crippen LogP contribution in [0.25, 0.3) is 10.9 Å². The molecule has 3 aromatic carbocycles. The number of nitrogens with one attached hydrogen (secondary N) is 2. The molecule has 164 valence electrons. The zero-order chi connectivity index (χ0) is 22.3. The number of benzene rings is 3. The number of fused-ring (bicyclic) bond motifs is 1. The lowest BCUT2D eigenvalue weighted by Gasteiger charge is -2.23. The maximum absolute atomic E-state index is 13.2. The molecule has 0 aliphatic carbocycles. The highest BCUT2D eigenvalue weighted by molar-refractivity contribution is 5.89. The fourth-order valence-corrected chi connectivity index (χ4v) is 3.76. The zero-order valence-corrected chi connectivity index (χ0v) is 18.6. The number of rotatable bonds is 8. The van der Waals surface area contributed by atoms with Crippen LogP contribution in [0.1, 0.15) is 23.6 Å². The molecule has 2 amide bonds. The van der Waals surface area contributed by atoms with E-state index in [-0.39, 0.29) is 6.03 Å². The molecule has 0 saturated heterocycles. The number of aryl methyl sites for hydroxylation is 1. The first kappa shape index (κ1) is 21.5. The van der Waals surface area contributed by atoms with E-state index in [1.54, 1.807) is 0 Å². The van der Waals surface area contributed by atoms with Crippen LogP contribution in [-0.4, -0.2) is 29.1 Å². The Kier molecular flexibility index (Phi) is 6.75. The van der Waals surface area contributed by atoms with Crippen molar-refractivity contribution >= 4 is 22.6 Å². The Balaban J connectivity index is 1.49. The molecular weight excluding hydrogens is 398 g/mol. The predicted molar refractivity (Wildman–Crippen MR) is 130 cm³/mol. The number of aromatic amines is 1. The quantitative estimate of drug-likeness (QED) is 0.354. The van der Waals surface area contributed by atoms with Gasteiger partial charge in [0.25, 0.3) is 0 Å². The van der Waals surface area contributed by atoms with Crippen molar-refractivity contribution in [3.63, 3.8) is 0 Å². The van der Waals surface area contributed by atoms with E-state index in [4.69, 9.17) is 4.74 Å². The van der Waals surface area contributed by atoms with Gasteiger partial charge in [0.15, 0.2) is 0 Å². The number of aromatic nitrogens is 1. The molecule has 0 radical (unpaired) electrons. The Bertz CT molecular complexity index is 1160. The van der Waals surface area contributed by atoms with E-state index in [9.17, 15) is 4.79 Å². The second-order valence-electron chi connectivity index (χ2n) is 7.90. The zero-order valence-electron chi connectivity index (χ0n) is 18.6. The van der Waals surface area contributed by atoms with E-state index >= 15 is 0 Å². The molecule has 5 heteroatoms. The molecule has 0 atom stereocenters. The van der Waals surface area contributed by atoms with Crippen molar-refractivity contribution in [2.45, 2.75) is 26.8 Å². The SMILES string of the molecule is CCOc1ccc(NC(=O)N(CCc2c[nH]c3ccccc23)Cc2ccc(C)cc2)cc1. The number of carbonyl (C=O) groups excluding carboxylic acids is 1. The minimum Gasteiger partial charge on any atom is -0.494 e. The number of ether oxygens (including phenoxy) is 1. The molecule has 1 heterocycles. The van der Waals surface area contributed by atoms with E-state index in [0.29, 0.717) is 19.7 Å². The van der Waals surface area contributed by atoms with Gasteiger partial charge in [0.1, 0.15) is 5.75 Å². The monoisotopic (exact) mass is 427 g/mol. The van der Waals surface area contributed by atoms with Crippen LogP contribution in [0.2, 0.25) is 0 Å². The lowest BCUT2D eigenvalue weighted by Crippen LogP contribution is -2.36. The van der Waals surface area contributed by atoms with Crippen molar-refractivity contribution in [1.29, 1.82) is 0 Å². The number of carbonyl (C=O) groups is 1. The smallest absolute Gasteiger partial charge is 0.322 e. The average molecular weight is 428 g/mol. The topological polar surface area (TPSA) is 57.4 Å². The number of nitrogens with zero attached hydrogens (tertiary/aromatic N) is 1. The van der Waals surface area contributed by atoms with Crippen molar-refractivity contribution in [2.75, 3.05) is 18.5 Å². The fourth-order valence-electron chi connectivity index (χ4n) is 3.76. The van der Waals surface area contributed by atoms with Crippen LogP contribution in [0, 0.1) is 6.92 Å². The number of hydrogen-bond acceptors (Lipinski definition) is 2. The molecule has 0 bridgehead atoms. The Morgan fingerprint density at radius 3 is 2.50 bits per heavy atom. The molecule has 0 spiro atoms. The van der Waals surface area contributed by atoms with Crippen LogP contribution >= 0.6 is 0 Å². The van der Waals surface area contributed by atoms with Crippen LogP contribution < -0.4 is 10.1 Å². The second kappa shape index (κ2) is 10.1. The Morgan fingerprint density at radius 2 is 1.75 bits per heavy atom. The number of urea groups is 1. The molecule has 1 aromatic heterocycles. The van der Waals surface area contributed by atoms with Crippen molar-refractivity contribution in [1.82, 2.24) is 9.88 Å². The normalized spacial score (nSPS) is 10.8. The van der Waals surface area contributed by atoms with Gasteiger partial charge in [0, 0.05) is 35.9 Å². The van der Waals surface area contributed by atoms with Crippen molar-refractivity contribution in [3.05, 3.63) is 95.7 Å². The summed E-state index contributed by atoms with van der Waals surface area (Å²) in [4.78, 5) is 18.4. The van der Waals surface area contributed by atoms with Crippen LogP contribution in [0.5, 0.6) is 5.75 Å². The first-order valence-corrected chi connectivity index (χ1v) is 11.0. The minimum atomic E-state index is -0.116. The van der Waals surface area contributed by atoms with Gasteiger partial charge in [-0.1, -0.05) is 48.0 Å². The largest absolute Gasteiger partial charge is 0.494 e. The third-order valence-corrected chi connectivity index (χ3v) is 5.52. The van der Waals surface area contributed by atoms with E-state index in [0.717, 1.165) is 28.9 Å². The molecule has 2 N–H and O–H groups in total. The number of hydrogen-bond donors (Lipinski definition) is 2. The van der Waals surface area contributed by atoms with Crippen molar-refractivity contribution < 1.29 is 9.53 Å². The summed E-state index contributed by atoms with van der Waals surface area (Å²) in [5, 5.41) is 4.24. The second-order valence-corrected chi connectivity index (χ2v) is 7.90. The minimum absolute atomic E-state index is 0.116. The number of H-pyrrole nitrogens is 1. The number of anilines is 1. The van der Waals surface area contributed by atoms with Gasteiger partial charge in [-0.25, -0.2) is 4.79 Å². The summed E-state index contributed by atoms with van der Waals surface area (Å²) >= 11 is 0. The van der Waals surface area contributed by atoms with Gasteiger partial charge in [-0.15, -0.1) is 0 Å². The van der Waals surface area contributed by atoms with Gasteiger partial charge in [-0.2, -0.15) is 0 Å².